The Morgan fingerprint density at radius 2 is 1.52 bits per heavy atom. The first-order chi connectivity index (χ1) is 11.8. The molecule has 2 aromatic rings. The number of hydrogen-bond acceptors (Lipinski definition) is 1. The number of carbonyl (C=O) groups is 1. The van der Waals surface area contributed by atoms with Gasteiger partial charge in [-0.3, -0.25) is 4.79 Å². The first-order valence-electron chi connectivity index (χ1n) is 9.27. The Morgan fingerprint density at radius 1 is 0.920 bits per heavy atom. The van der Waals surface area contributed by atoms with Crippen molar-refractivity contribution in [1.29, 1.82) is 0 Å². The first-order valence-corrected chi connectivity index (χ1v) is 9.27. The Hall–Kier alpha value is -2.09. The molecule has 134 valence electrons. The average molecular weight is 338 g/mol. The number of carbonyl (C=O) groups excluding carboxylic acids is 1. The quantitative estimate of drug-likeness (QED) is 0.752. The van der Waals surface area contributed by atoms with Gasteiger partial charge in [-0.15, -0.1) is 0 Å². The third-order valence-electron chi connectivity index (χ3n) is 4.58. The molecule has 2 rings (SSSR count). The summed E-state index contributed by atoms with van der Waals surface area (Å²) in [7, 11) is 0. The van der Waals surface area contributed by atoms with Crippen LogP contribution in [0.25, 0.3) is 0 Å². The van der Waals surface area contributed by atoms with Gasteiger partial charge in [-0.1, -0.05) is 75.4 Å². The summed E-state index contributed by atoms with van der Waals surface area (Å²) in [6, 6.07) is 19.3. The van der Waals surface area contributed by atoms with Crippen LogP contribution in [-0.2, 0) is 23.1 Å². The number of amides is 1. The predicted molar refractivity (Wildman–Crippen MR) is 106 cm³/mol. The maximum absolute atomic E-state index is 12.2. The van der Waals surface area contributed by atoms with E-state index in [-0.39, 0.29) is 17.4 Å². The van der Waals surface area contributed by atoms with E-state index in [0.29, 0.717) is 6.42 Å². The zero-order chi connectivity index (χ0) is 18.3. The molecule has 0 radical (unpaired) electrons. The second-order valence-corrected chi connectivity index (χ2v) is 7.94. The summed E-state index contributed by atoms with van der Waals surface area (Å²) < 4.78 is 0. The smallest absolute Gasteiger partial charge is 0.220 e. The Balaban J connectivity index is 1.73. The topological polar surface area (TPSA) is 29.1 Å². The lowest BCUT2D eigenvalue weighted by atomic mass is 9.86. The van der Waals surface area contributed by atoms with Crippen molar-refractivity contribution in [3.8, 4) is 0 Å². The normalized spacial score (nSPS) is 12.6. The Kier molecular flexibility index (Phi) is 6.81. The van der Waals surface area contributed by atoms with Crippen molar-refractivity contribution < 1.29 is 4.79 Å². The molecule has 0 aliphatic heterocycles. The molecule has 0 aliphatic rings. The summed E-state index contributed by atoms with van der Waals surface area (Å²) in [6.07, 6.45) is 3.30. The van der Waals surface area contributed by atoms with Crippen LogP contribution < -0.4 is 5.32 Å². The number of hydrogen-bond donors (Lipinski definition) is 1. The van der Waals surface area contributed by atoms with Gasteiger partial charge < -0.3 is 5.32 Å². The van der Waals surface area contributed by atoms with E-state index in [0.717, 1.165) is 19.3 Å². The highest BCUT2D eigenvalue weighted by molar-refractivity contribution is 5.76. The van der Waals surface area contributed by atoms with Gasteiger partial charge >= 0.3 is 0 Å². The van der Waals surface area contributed by atoms with Crippen molar-refractivity contribution in [2.45, 2.75) is 64.8 Å². The fourth-order valence-electron chi connectivity index (χ4n) is 2.88. The molecular formula is C23H31NO. The monoisotopic (exact) mass is 337 g/mol. The van der Waals surface area contributed by atoms with Gasteiger partial charge in [0.05, 0.1) is 0 Å². The van der Waals surface area contributed by atoms with Crippen LogP contribution in [-0.4, -0.2) is 11.9 Å². The molecule has 0 spiro atoms. The van der Waals surface area contributed by atoms with E-state index >= 15 is 0 Å². The van der Waals surface area contributed by atoms with Gasteiger partial charge in [-0.05, 0) is 48.3 Å². The standard InChI is InChI=1S/C23H31NO/c1-18(10-11-19-8-6-5-7-9-19)24-22(25)17-14-20-12-15-21(16-13-20)23(2,3)4/h5-9,12-13,15-16,18H,10-11,14,17H2,1-4H3,(H,24,25)/t18-/m1/s1. The molecule has 0 bridgehead atoms. The molecule has 2 aromatic carbocycles. The molecule has 1 N–H and O–H groups in total. The summed E-state index contributed by atoms with van der Waals surface area (Å²) in [5, 5.41) is 3.12. The van der Waals surface area contributed by atoms with Crippen molar-refractivity contribution in [1.82, 2.24) is 5.32 Å². The molecule has 2 nitrogen and oxygen atoms in total. The maximum Gasteiger partial charge on any atom is 0.220 e. The molecule has 1 atom stereocenters. The number of benzene rings is 2. The minimum Gasteiger partial charge on any atom is -0.354 e. The summed E-state index contributed by atoms with van der Waals surface area (Å²) >= 11 is 0. The highest BCUT2D eigenvalue weighted by Gasteiger charge is 2.13. The Morgan fingerprint density at radius 3 is 2.12 bits per heavy atom. The largest absolute Gasteiger partial charge is 0.354 e. The van der Waals surface area contributed by atoms with E-state index in [1.807, 2.05) is 6.07 Å². The van der Waals surface area contributed by atoms with E-state index in [2.05, 4.69) is 81.5 Å². The van der Waals surface area contributed by atoms with Crippen LogP contribution in [0, 0.1) is 0 Å². The second-order valence-electron chi connectivity index (χ2n) is 7.94. The predicted octanol–water partition coefficient (Wildman–Crippen LogP) is 5.05. The van der Waals surface area contributed by atoms with Crippen LogP contribution in [0.2, 0.25) is 0 Å². The second kappa shape index (κ2) is 8.84. The van der Waals surface area contributed by atoms with Gasteiger partial charge in [0.25, 0.3) is 0 Å². The number of aryl methyl sites for hydroxylation is 2. The van der Waals surface area contributed by atoms with E-state index in [9.17, 15) is 4.79 Å². The van der Waals surface area contributed by atoms with Crippen molar-refractivity contribution in [2.24, 2.45) is 0 Å². The Bertz CT molecular complexity index is 653. The molecule has 0 aliphatic carbocycles. The van der Waals surface area contributed by atoms with Crippen LogP contribution in [0.5, 0.6) is 0 Å². The highest BCUT2D eigenvalue weighted by atomic mass is 16.1. The molecule has 0 heterocycles. The third kappa shape index (κ3) is 6.74. The van der Waals surface area contributed by atoms with Crippen LogP contribution in [0.3, 0.4) is 0 Å². The van der Waals surface area contributed by atoms with Crippen LogP contribution in [0.4, 0.5) is 0 Å². The molecule has 0 saturated heterocycles. The molecule has 0 fully saturated rings. The molecule has 0 unspecified atom stereocenters. The van der Waals surface area contributed by atoms with E-state index in [1.54, 1.807) is 0 Å². The van der Waals surface area contributed by atoms with Crippen molar-refractivity contribution >= 4 is 5.91 Å². The Labute approximate surface area is 152 Å². The van der Waals surface area contributed by atoms with Gasteiger partial charge in [0, 0.05) is 12.5 Å². The molecule has 25 heavy (non-hydrogen) atoms. The molecule has 2 heteroatoms. The van der Waals surface area contributed by atoms with Gasteiger partial charge in [0.1, 0.15) is 0 Å². The molecule has 0 aromatic heterocycles. The van der Waals surface area contributed by atoms with Crippen molar-refractivity contribution in [3.05, 3.63) is 71.3 Å². The maximum atomic E-state index is 12.2. The summed E-state index contributed by atoms with van der Waals surface area (Å²) in [6.45, 7) is 8.73. The van der Waals surface area contributed by atoms with Crippen LogP contribution >= 0.6 is 0 Å². The summed E-state index contributed by atoms with van der Waals surface area (Å²) in [5.41, 5.74) is 4.04. The lowest BCUT2D eigenvalue weighted by Gasteiger charge is -2.19. The molecule has 0 saturated carbocycles. The number of nitrogens with one attached hydrogen (secondary N) is 1. The van der Waals surface area contributed by atoms with Gasteiger partial charge in [-0.2, -0.15) is 0 Å². The molecular weight excluding hydrogens is 306 g/mol. The van der Waals surface area contributed by atoms with Crippen LogP contribution in [0.1, 0.15) is 57.2 Å². The SMILES string of the molecule is C[C@H](CCc1ccccc1)NC(=O)CCc1ccc(C(C)(C)C)cc1. The third-order valence-corrected chi connectivity index (χ3v) is 4.58. The molecule has 1 amide bonds. The summed E-state index contributed by atoms with van der Waals surface area (Å²) in [4.78, 5) is 12.2. The van der Waals surface area contributed by atoms with Gasteiger partial charge in [-0.25, -0.2) is 0 Å². The fourth-order valence-corrected chi connectivity index (χ4v) is 2.88. The zero-order valence-electron chi connectivity index (χ0n) is 16.0. The fraction of sp³-hybridized carbons (Fsp3) is 0.435. The lowest BCUT2D eigenvalue weighted by Crippen LogP contribution is -2.33. The van der Waals surface area contributed by atoms with Gasteiger partial charge in [0.2, 0.25) is 5.91 Å². The van der Waals surface area contributed by atoms with E-state index in [1.165, 1.54) is 16.7 Å². The number of rotatable bonds is 7. The average Bonchev–Trinajstić information content (AvgIpc) is 2.59. The highest BCUT2D eigenvalue weighted by Crippen LogP contribution is 2.22. The van der Waals surface area contributed by atoms with Crippen molar-refractivity contribution in [2.75, 3.05) is 0 Å². The van der Waals surface area contributed by atoms with Crippen LogP contribution in [0.15, 0.2) is 54.6 Å². The minimum absolute atomic E-state index is 0.139. The van der Waals surface area contributed by atoms with Crippen molar-refractivity contribution in [3.63, 3.8) is 0 Å². The van der Waals surface area contributed by atoms with Gasteiger partial charge in [0.15, 0.2) is 0 Å². The lowest BCUT2D eigenvalue weighted by molar-refractivity contribution is -0.121. The van der Waals surface area contributed by atoms with E-state index < -0.39 is 0 Å². The minimum atomic E-state index is 0.139. The van der Waals surface area contributed by atoms with E-state index in [4.69, 9.17) is 0 Å². The first kappa shape index (κ1) is 19.2. The zero-order valence-corrected chi connectivity index (χ0v) is 16.0. The summed E-state index contributed by atoms with van der Waals surface area (Å²) in [5.74, 6) is 0.139.